The van der Waals surface area contributed by atoms with Crippen LogP contribution in [0.5, 0.6) is 0 Å². The number of carbonyl (C=O) groups is 2. The lowest BCUT2D eigenvalue weighted by Crippen LogP contribution is -2.34. The Hall–Kier alpha value is -2.56. The Bertz CT molecular complexity index is 729. The third kappa shape index (κ3) is 3.35. The van der Waals surface area contributed by atoms with Gasteiger partial charge in [-0.05, 0) is 32.8 Å². The molecule has 1 aromatic heterocycles. The summed E-state index contributed by atoms with van der Waals surface area (Å²) in [6.07, 6.45) is 1.05. The van der Waals surface area contributed by atoms with Gasteiger partial charge in [-0.2, -0.15) is 0 Å². The lowest BCUT2D eigenvalue weighted by Gasteiger charge is -2.23. The highest BCUT2D eigenvalue weighted by molar-refractivity contribution is 5.93. The van der Waals surface area contributed by atoms with E-state index in [0.717, 1.165) is 12.8 Å². The number of benzene rings is 1. The summed E-state index contributed by atoms with van der Waals surface area (Å²) in [5.74, 6) is 0.440. The van der Waals surface area contributed by atoms with Crippen molar-refractivity contribution in [3.8, 4) is 0 Å². The minimum absolute atomic E-state index is 0.162. The summed E-state index contributed by atoms with van der Waals surface area (Å²) in [5, 5.41) is 0. The van der Waals surface area contributed by atoms with Gasteiger partial charge in [0.2, 0.25) is 6.10 Å². The lowest BCUT2D eigenvalue weighted by atomic mass is 10.1. The summed E-state index contributed by atoms with van der Waals surface area (Å²) >= 11 is 0. The summed E-state index contributed by atoms with van der Waals surface area (Å²) < 4.78 is 11.0. The maximum Gasteiger partial charge on any atom is 0.342 e. The second kappa shape index (κ2) is 6.91. The van der Waals surface area contributed by atoms with Gasteiger partial charge in [-0.1, -0.05) is 30.3 Å². The van der Waals surface area contributed by atoms with E-state index in [-0.39, 0.29) is 5.91 Å². The zero-order valence-electron chi connectivity index (χ0n) is 14.0. The molecule has 1 aliphatic heterocycles. The van der Waals surface area contributed by atoms with Gasteiger partial charge in [0.25, 0.3) is 5.91 Å². The Morgan fingerprint density at radius 2 is 1.79 bits per heavy atom. The monoisotopic (exact) mass is 327 g/mol. The Kier molecular flexibility index (Phi) is 4.69. The van der Waals surface area contributed by atoms with Crippen LogP contribution in [0, 0.1) is 13.8 Å². The molecule has 0 unspecified atom stereocenters. The molecule has 126 valence electrons. The van der Waals surface area contributed by atoms with E-state index in [2.05, 4.69) is 0 Å². The van der Waals surface area contributed by atoms with Crippen LogP contribution in [0.25, 0.3) is 0 Å². The van der Waals surface area contributed by atoms with E-state index in [0.29, 0.717) is 35.7 Å². The van der Waals surface area contributed by atoms with Crippen LogP contribution in [-0.2, 0) is 9.53 Å². The normalized spacial score (nSPS) is 15.3. The van der Waals surface area contributed by atoms with Crippen LogP contribution < -0.4 is 0 Å². The highest BCUT2D eigenvalue weighted by Gasteiger charge is 2.32. The first-order valence-corrected chi connectivity index (χ1v) is 8.18. The topological polar surface area (TPSA) is 59.8 Å². The number of carbonyl (C=O) groups excluding carboxylic acids is 2. The first-order chi connectivity index (χ1) is 11.6. The van der Waals surface area contributed by atoms with Crippen LogP contribution in [0.15, 0.2) is 40.8 Å². The minimum Gasteiger partial charge on any atom is -0.466 e. The van der Waals surface area contributed by atoms with Crippen molar-refractivity contribution in [2.24, 2.45) is 0 Å². The van der Waals surface area contributed by atoms with Gasteiger partial charge in [0.15, 0.2) is 0 Å². The fourth-order valence-electron chi connectivity index (χ4n) is 3.00. The van der Waals surface area contributed by atoms with E-state index in [4.69, 9.17) is 9.15 Å². The lowest BCUT2D eigenvalue weighted by molar-refractivity contribution is -0.140. The molecule has 0 aliphatic carbocycles. The van der Waals surface area contributed by atoms with Crippen molar-refractivity contribution < 1.29 is 18.7 Å². The fourth-order valence-corrected chi connectivity index (χ4v) is 3.00. The molecule has 0 spiro atoms. The zero-order valence-corrected chi connectivity index (χ0v) is 14.0. The number of hydrogen-bond acceptors (Lipinski definition) is 4. The Labute approximate surface area is 141 Å². The van der Waals surface area contributed by atoms with Gasteiger partial charge in [0.1, 0.15) is 17.1 Å². The van der Waals surface area contributed by atoms with Gasteiger partial charge in [-0.15, -0.1) is 0 Å². The SMILES string of the molecule is Cc1cc(C(=O)O[C@@H](C(=O)N2CCCC2)c2ccccc2)c(C)o1. The smallest absolute Gasteiger partial charge is 0.342 e. The molecule has 3 rings (SSSR count). The molecule has 1 saturated heterocycles. The molecule has 2 aromatic rings. The van der Waals surface area contributed by atoms with E-state index >= 15 is 0 Å². The number of furan rings is 1. The molecule has 1 atom stereocenters. The molecule has 2 heterocycles. The van der Waals surface area contributed by atoms with Crippen LogP contribution in [-0.4, -0.2) is 29.9 Å². The molecular weight excluding hydrogens is 306 g/mol. The molecule has 0 radical (unpaired) electrons. The average Bonchev–Trinajstić information content (AvgIpc) is 3.22. The second-order valence-corrected chi connectivity index (χ2v) is 6.06. The van der Waals surface area contributed by atoms with Crippen molar-refractivity contribution in [2.75, 3.05) is 13.1 Å². The fraction of sp³-hybridized carbons (Fsp3) is 0.368. The van der Waals surface area contributed by atoms with Crippen molar-refractivity contribution in [2.45, 2.75) is 32.8 Å². The number of hydrogen-bond donors (Lipinski definition) is 0. The predicted molar refractivity (Wildman–Crippen MR) is 88.6 cm³/mol. The number of likely N-dealkylation sites (tertiary alicyclic amines) is 1. The number of esters is 1. The Morgan fingerprint density at radius 1 is 1.12 bits per heavy atom. The molecule has 1 aliphatic rings. The van der Waals surface area contributed by atoms with Crippen LogP contribution in [0.1, 0.15) is 46.4 Å². The van der Waals surface area contributed by atoms with E-state index in [1.807, 2.05) is 18.2 Å². The molecule has 0 N–H and O–H groups in total. The summed E-state index contributed by atoms with van der Waals surface area (Å²) in [5.41, 5.74) is 1.04. The summed E-state index contributed by atoms with van der Waals surface area (Å²) in [7, 11) is 0. The minimum atomic E-state index is -0.925. The van der Waals surface area contributed by atoms with Gasteiger partial charge >= 0.3 is 5.97 Å². The van der Waals surface area contributed by atoms with Gasteiger partial charge in [0.05, 0.1) is 0 Å². The van der Waals surface area contributed by atoms with Gasteiger partial charge in [-0.25, -0.2) is 4.79 Å². The van der Waals surface area contributed by atoms with Crippen LogP contribution in [0.3, 0.4) is 0 Å². The van der Waals surface area contributed by atoms with E-state index in [9.17, 15) is 9.59 Å². The number of amides is 1. The molecule has 1 amide bonds. The van der Waals surface area contributed by atoms with Crippen LogP contribution >= 0.6 is 0 Å². The van der Waals surface area contributed by atoms with Crippen LogP contribution in [0.4, 0.5) is 0 Å². The number of ether oxygens (including phenoxy) is 1. The van der Waals surface area contributed by atoms with Crippen molar-refractivity contribution in [1.29, 1.82) is 0 Å². The summed E-state index contributed by atoms with van der Waals surface area (Å²) in [6, 6.07) is 10.8. The van der Waals surface area contributed by atoms with Crippen molar-refractivity contribution in [3.63, 3.8) is 0 Å². The third-order valence-corrected chi connectivity index (χ3v) is 4.23. The highest BCUT2D eigenvalue weighted by Crippen LogP contribution is 2.25. The molecular formula is C19H21NO4. The third-order valence-electron chi connectivity index (χ3n) is 4.23. The molecule has 1 aromatic carbocycles. The molecule has 0 bridgehead atoms. The van der Waals surface area contributed by atoms with Crippen LogP contribution in [0.2, 0.25) is 0 Å². The quantitative estimate of drug-likeness (QED) is 0.807. The number of nitrogens with zero attached hydrogens (tertiary/aromatic N) is 1. The van der Waals surface area contributed by atoms with Crippen molar-refractivity contribution >= 4 is 11.9 Å². The number of aryl methyl sites for hydroxylation is 2. The molecule has 5 heteroatoms. The van der Waals surface area contributed by atoms with Gasteiger partial charge in [-0.3, -0.25) is 4.79 Å². The summed E-state index contributed by atoms with van der Waals surface area (Å²) in [4.78, 5) is 27.1. The Morgan fingerprint density at radius 3 is 2.38 bits per heavy atom. The first-order valence-electron chi connectivity index (χ1n) is 8.18. The zero-order chi connectivity index (χ0) is 17.1. The number of rotatable bonds is 4. The average molecular weight is 327 g/mol. The van der Waals surface area contributed by atoms with Crippen molar-refractivity contribution in [3.05, 3.63) is 59.0 Å². The predicted octanol–water partition coefficient (Wildman–Crippen LogP) is 3.42. The highest BCUT2D eigenvalue weighted by atomic mass is 16.5. The largest absolute Gasteiger partial charge is 0.466 e. The molecule has 5 nitrogen and oxygen atoms in total. The first kappa shape index (κ1) is 16.3. The maximum absolute atomic E-state index is 12.8. The van der Waals surface area contributed by atoms with Gasteiger partial charge < -0.3 is 14.1 Å². The summed E-state index contributed by atoms with van der Waals surface area (Å²) in [6.45, 7) is 4.91. The van der Waals surface area contributed by atoms with Gasteiger partial charge in [0, 0.05) is 18.7 Å². The van der Waals surface area contributed by atoms with E-state index < -0.39 is 12.1 Å². The van der Waals surface area contributed by atoms with E-state index in [1.165, 1.54) is 0 Å². The standard InChI is InChI=1S/C19H21NO4/c1-13-12-16(14(2)23-13)19(22)24-17(15-8-4-3-5-9-15)18(21)20-10-6-7-11-20/h3-5,8-9,12,17H,6-7,10-11H2,1-2H3/t17-/m1/s1. The van der Waals surface area contributed by atoms with Crippen molar-refractivity contribution in [1.82, 2.24) is 4.90 Å². The maximum atomic E-state index is 12.8. The molecule has 1 fully saturated rings. The molecule has 0 saturated carbocycles. The second-order valence-electron chi connectivity index (χ2n) is 6.06. The Balaban J connectivity index is 1.86. The van der Waals surface area contributed by atoms with E-state index in [1.54, 1.807) is 36.9 Å². The molecule has 24 heavy (non-hydrogen) atoms.